The Morgan fingerprint density at radius 1 is 1.47 bits per heavy atom. The second-order valence-corrected chi connectivity index (χ2v) is 3.29. The Balaban J connectivity index is 4.87. The second kappa shape index (κ2) is 5.29. The molecule has 0 spiro atoms. The molecule has 0 amide bonds. The van der Waals surface area contributed by atoms with Crippen molar-refractivity contribution in [1.82, 2.24) is 0 Å². The van der Waals surface area contributed by atoms with E-state index in [-0.39, 0.29) is 6.29 Å². The molecule has 0 aromatic carbocycles. The average Bonchev–Trinajstić information content (AvgIpc) is 2.24. The summed E-state index contributed by atoms with van der Waals surface area (Å²) in [6.45, 7) is 0.140. The zero-order valence-electron chi connectivity index (χ0n) is 8.20. The van der Waals surface area contributed by atoms with Gasteiger partial charge >= 0.3 is 0 Å². The smallest absolute Gasteiger partial charge is 0.159 e. The number of aldehydes is 1. The minimum absolute atomic E-state index is 0.00663. The number of hydrogen-bond acceptors (Lipinski definition) is 7. The molecule has 15 heavy (non-hydrogen) atoms. The van der Waals surface area contributed by atoms with Gasteiger partial charge in [0.15, 0.2) is 11.3 Å². The van der Waals surface area contributed by atoms with E-state index >= 15 is 0 Å². The SMILES string of the molecule is CC(=O)[C@](N)(C=O)[C@@H](O)[C@H](O)[C@H](O)CO. The maximum atomic E-state index is 11.0. The topological polar surface area (TPSA) is 141 Å². The molecule has 7 nitrogen and oxygen atoms in total. The van der Waals surface area contributed by atoms with Crippen LogP contribution in [-0.2, 0) is 9.59 Å². The van der Waals surface area contributed by atoms with Crippen molar-refractivity contribution in [2.45, 2.75) is 30.8 Å². The van der Waals surface area contributed by atoms with Crippen LogP contribution in [0.25, 0.3) is 0 Å². The molecule has 0 saturated heterocycles. The van der Waals surface area contributed by atoms with Crippen molar-refractivity contribution in [3.05, 3.63) is 0 Å². The molecule has 0 bridgehead atoms. The standard InChI is InChI=1S/C8H15NO6/c1-4(12)8(9,3-11)7(15)6(14)5(13)2-10/h3,5-7,10,13-15H,2,9H2,1H3/t5-,6-,7+,8-/m1/s1. The maximum Gasteiger partial charge on any atom is 0.159 e. The van der Waals surface area contributed by atoms with Gasteiger partial charge in [-0.25, -0.2) is 0 Å². The summed E-state index contributed by atoms with van der Waals surface area (Å²) in [7, 11) is 0. The van der Waals surface area contributed by atoms with Crippen molar-refractivity contribution in [3.8, 4) is 0 Å². The van der Waals surface area contributed by atoms with E-state index < -0.39 is 36.2 Å². The van der Waals surface area contributed by atoms with Crippen molar-refractivity contribution in [2.24, 2.45) is 5.73 Å². The summed E-state index contributed by atoms with van der Waals surface area (Å²) in [6.07, 6.45) is -5.54. The fourth-order valence-electron chi connectivity index (χ4n) is 0.962. The average molecular weight is 221 g/mol. The Hall–Kier alpha value is -0.860. The van der Waals surface area contributed by atoms with Crippen LogP contribution in [0.5, 0.6) is 0 Å². The molecule has 0 unspecified atom stereocenters. The third-order valence-electron chi connectivity index (χ3n) is 2.20. The van der Waals surface area contributed by atoms with Crippen LogP contribution in [0.15, 0.2) is 0 Å². The molecule has 7 heteroatoms. The fourth-order valence-corrected chi connectivity index (χ4v) is 0.962. The summed E-state index contributed by atoms with van der Waals surface area (Å²) in [5, 5.41) is 36.2. The highest BCUT2D eigenvalue weighted by molar-refractivity contribution is 6.02. The first kappa shape index (κ1) is 14.1. The highest BCUT2D eigenvalue weighted by Gasteiger charge is 2.44. The van der Waals surface area contributed by atoms with E-state index in [2.05, 4.69) is 0 Å². The van der Waals surface area contributed by atoms with Crippen LogP contribution in [0.4, 0.5) is 0 Å². The molecule has 0 saturated carbocycles. The van der Waals surface area contributed by atoms with E-state index in [9.17, 15) is 19.8 Å². The molecular weight excluding hydrogens is 206 g/mol. The lowest BCUT2D eigenvalue weighted by Crippen LogP contribution is -2.64. The molecule has 88 valence electrons. The van der Waals surface area contributed by atoms with Gasteiger partial charge in [0.2, 0.25) is 0 Å². The van der Waals surface area contributed by atoms with Gasteiger partial charge < -0.3 is 31.0 Å². The first-order valence-corrected chi connectivity index (χ1v) is 4.22. The number of rotatable bonds is 6. The Kier molecular flexibility index (Phi) is 4.98. The van der Waals surface area contributed by atoms with E-state index in [4.69, 9.17) is 15.9 Å². The van der Waals surface area contributed by atoms with Crippen LogP contribution in [0, 0.1) is 0 Å². The van der Waals surface area contributed by atoms with Gasteiger partial charge in [-0.3, -0.25) is 4.79 Å². The van der Waals surface area contributed by atoms with Crippen LogP contribution < -0.4 is 5.73 Å². The molecule has 4 atom stereocenters. The molecule has 0 heterocycles. The monoisotopic (exact) mass is 221 g/mol. The fraction of sp³-hybridized carbons (Fsp3) is 0.750. The first-order chi connectivity index (χ1) is 6.81. The number of Topliss-reactive ketones (excluding diaryl/α,β-unsaturated/α-hetero) is 1. The van der Waals surface area contributed by atoms with E-state index in [1.54, 1.807) is 0 Å². The molecule has 0 radical (unpaired) electrons. The van der Waals surface area contributed by atoms with E-state index in [1.807, 2.05) is 0 Å². The van der Waals surface area contributed by atoms with Gasteiger partial charge in [-0.05, 0) is 6.92 Å². The Labute approximate surface area is 86.1 Å². The molecular formula is C8H15NO6. The van der Waals surface area contributed by atoms with Gasteiger partial charge in [-0.2, -0.15) is 0 Å². The van der Waals surface area contributed by atoms with E-state index in [0.717, 1.165) is 6.92 Å². The summed E-state index contributed by atoms with van der Waals surface area (Å²) < 4.78 is 0. The second-order valence-electron chi connectivity index (χ2n) is 3.29. The Morgan fingerprint density at radius 2 is 1.93 bits per heavy atom. The molecule has 0 aliphatic carbocycles. The number of aliphatic hydroxyl groups excluding tert-OH is 4. The van der Waals surface area contributed by atoms with Crippen LogP contribution in [0.2, 0.25) is 0 Å². The van der Waals surface area contributed by atoms with E-state index in [0.29, 0.717) is 0 Å². The van der Waals surface area contributed by atoms with Gasteiger partial charge in [0.1, 0.15) is 24.6 Å². The number of carbonyl (C=O) groups excluding carboxylic acids is 2. The molecule has 0 rings (SSSR count). The normalized spacial score (nSPS) is 21.2. The molecule has 0 aromatic heterocycles. The third kappa shape index (κ3) is 2.80. The predicted octanol–water partition coefficient (Wildman–Crippen LogP) is -3.45. The summed E-state index contributed by atoms with van der Waals surface area (Å²) in [5.41, 5.74) is 2.97. The molecule has 0 aromatic rings. The molecule has 0 aliphatic rings. The summed E-state index contributed by atoms with van der Waals surface area (Å²) >= 11 is 0. The van der Waals surface area contributed by atoms with Gasteiger partial charge in [0.25, 0.3) is 0 Å². The summed E-state index contributed by atoms with van der Waals surface area (Å²) in [5.74, 6) is -0.853. The number of aliphatic hydroxyl groups is 4. The maximum absolute atomic E-state index is 11.0. The number of carbonyl (C=O) groups is 2. The minimum Gasteiger partial charge on any atom is -0.394 e. The van der Waals surface area contributed by atoms with Crippen LogP contribution in [0.1, 0.15) is 6.92 Å². The lowest BCUT2D eigenvalue weighted by molar-refractivity contribution is -0.143. The zero-order chi connectivity index (χ0) is 12.2. The van der Waals surface area contributed by atoms with Crippen molar-refractivity contribution in [1.29, 1.82) is 0 Å². The van der Waals surface area contributed by atoms with Crippen molar-refractivity contribution < 1.29 is 30.0 Å². The highest BCUT2D eigenvalue weighted by atomic mass is 16.4. The highest BCUT2D eigenvalue weighted by Crippen LogP contribution is 2.12. The zero-order valence-corrected chi connectivity index (χ0v) is 8.20. The summed E-state index contributed by atoms with van der Waals surface area (Å²) in [4.78, 5) is 21.5. The van der Waals surface area contributed by atoms with Crippen molar-refractivity contribution >= 4 is 12.1 Å². The van der Waals surface area contributed by atoms with E-state index in [1.165, 1.54) is 0 Å². The predicted molar refractivity (Wildman–Crippen MR) is 48.8 cm³/mol. The van der Waals surface area contributed by atoms with Crippen molar-refractivity contribution in [3.63, 3.8) is 0 Å². The largest absolute Gasteiger partial charge is 0.394 e. The van der Waals surface area contributed by atoms with Crippen LogP contribution in [0.3, 0.4) is 0 Å². The van der Waals surface area contributed by atoms with Gasteiger partial charge in [-0.15, -0.1) is 0 Å². The molecule has 6 N–H and O–H groups in total. The molecule has 0 fully saturated rings. The lowest BCUT2D eigenvalue weighted by Gasteiger charge is -2.31. The number of hydrogen-bond donors (Lipinski definition) is 5. The molecule has 0 aliphatic heterocycles. The number of ketones is 1. The third-order valence-corrected chi connectivity index (χ3v) is 2.20. The summed E-state index contributed by atoms with van der Waals surface area (Å²) in [6, 6.07) is 0. The van der Waals surface area contributed by atoms with Crippen molar-refractivity contribution in [2.75, 3.05) is 6.61 Å². The quantitative estimate of drug-likeness (QED) is 0.232. The van der Waals surface area contributed by atoms with Gasteiger partial charge in [0, 0.05) is 0 Å². The van der Waals surface area contributed by atoms with Gasteiger partial charge in [-0.1, -0.05) is 0 Å². The number of nitrogens with two attached hydrogens (primary N) is 1. The Bertz CT molecular complexity index is 245. The first-order valence-electron chi connectivity index (χ1n) is 4.22. The minimum atomic E-state index is -2.28. The Morgan fingerprint density at radius 3 is 2.20 bits per heavy atom. The van der Waals surface area contributed by atoms with Crippen LogP contribution in [-0.4, -0.2) is 63.0 Å². The van der Waals surface area contributed by atoms with Crippen LogP contribution >= 0.6 is 0 Å². The lowest BCUT2D eigenvalue weighted by atomic mass is 9.86. The van der Waals surface area contributed by atoms with Gasteiger partial charge in [0.05, 0.1) is 6.61 Å².